The topological polar surface area (TPSA) is 83.2 Å². The molecule has 0 saturated carbocycles. The van der Waals surface area contributed by atoms with Crippen LogP contribution >= 0.6 is 11.8 Å². The maximum absolute atomic E-state index is 12.3. The highest BCUT2D eigenvalue weighted by atomic mass is 32.2. The van der Waals surface area contributed by atoms with E-state index < -0.39 is 0 Å². The largest absolute Gasteiger partial charge is 0.356 e. The third-order valence-electron chi connectivity index (χ3n) is 7.38. The number of nitrogens with one attached hydrogen (secondary N) is 3. The van der Waals surface area contributed by atoms with Crippen LogP contribution in [0.1, 0.15) is 32.1 Å². The number of rotatable bonds is 9. The predicted octanol–water partition coefficient (Wildman–Crippen LogP) is 0.330. The number of likely N-dealkylation sites (N-methyl/N-ethyl adjacent to an activating group) is 3. The van der Waals surface area contributed by atoms with E-state index >= 15 is 0 Å². The van der Waals surface area contributed by atoms with Crippen molar-refractivity contribution in [3.05, 3.63) is 0 Å². The summed E-state index contributed by atoms with van der Waals surface area (Å²) in [6.45, 7) is 10.6. The molecule has 3 aliphatic rings. The smallest absolute Gasteiger partial charge is 0.315 e. The van der Waals surface area contributed by atoms with Crippen LogP contribution < -0.4 is 16.0 Å². The SMILES string of the molecule is CN1CCN(C)CCN(CCCNC(=O)CCCC[C@@H]2SC[C@@H]3NC(=O)N[C@@H]32)CCN(C)CC1. The molecule has 0 radical (unpaired) electrons. The summed E-state index contributed by atoms with van der Waals surface area (Å²) in [6.07, 6.45) is 4.62. The van der Waals surface area contributed by atoms with Gasteiger partial charge in [0.25, 0.3) is 0 Å². The average Bonchev–Trinajstić information content (AvgIpc) is 3.36. The van der Waals surface area contributed by atoms with Crippen LogP contribution in [-0.2, 0) is 4.79 Å². The van der Waals surface area contributed by atoms with Crippen LogP contribution in [0.25, 0.3) is 0 Å². The zero-order chi connectivity index (χ0) is 24.3. The summed E-state index contributed by atoms with van der Waals surface area (Å²) < 4.78 is 0. The lowest BCUT2D eigenvalue weighted by molar-refractivity contribution is -0.121. The van der Waals surface area contributed by atoms with E-state index in [2.05, 4.69) is 56.7 Å². The van der Waals surface area contributed by atoms with E-state index in [-0.39, 0.29) is 24.0 Å². The quantitative estimate of drug-likeness (QED) is 0.313. The third-order valence-corrected chi connectivity index (χ3v) is 8.89. The molecule has 3 N–H and O–H groups in total. The second-order valence-corrected chi connectivity index (χ2v) is 11.6. The lowest BCUT2D eigenvalue weighted by atomic mass is 10.0. The fourth-order valence-electron chi connectivity index (χ4n) is 4.87. The number of hydrogen-bond donors (Lipinski definition) is 3. The minimum atomic E-state index is -0.0284. The molecule has 3 saturated heterocycles. The predicted molar refractivity (Wildman–Crippen MR) is 141 cm³/mol. The van der Waals surface area contributed by atoms with E-state index in [1.165, 1.54) is 0 Å². The Kier molecular flexibility index (Phi) is 11.7. The van der Waals surface area contributed by atoms with E-state index in [1.54, 1.807) is 0 Å². The van der Waals surface area contributed by atoms with Crippen molar-refractivity contribution in [3.63, 3.8) is 0 Å². The van der Waals surface area contributed by atoms with Crippen LogP contribution in [0, 0.1) is 0 Å². The van der Waals surface area contributed by atoms with Gasteiger partial charge in [-0.3, -0.25) is 4.79 Å². The fourth-order valence-corrected chi connectivity index (χ4v) is 6.41. The molecule has 3 fully saturated rings. The lowest BCUT2D eigenvalue weighted by Gasteiger charge is -2.30. The molecule has 0 aliphatic carbocycles. The van der Waals surface area contributed by atoms with Crippen molar-refractivity contribution in [1.82, 2.24) is 35.6 Å². The van der Waals surface area contributed by atoms with Crippen LogP contribution in [0.2, 0.25) is 0 Å². The zero-order valence-corrected chi connectivity index (χ0v) is 22.4. The highest BCUT2D eigenvalue weighted by Crippen LogP contribution is 2.33. The molecule has 9 nitrogen and oxygen atoms in total. The molecule has 0 aromatic heterocycles. The van der Waals surface area contributed by atoms with Gasteiger partial charge in [-0.25, -0.2) is 4.79 Å². The van der Waals surface area contributed by atoms with Gasteiger partial charge in [0.2, 0.25) is 5.91 Å². The standard InChI is InChI=1S/C24H47N7O2S/c1-28-11-13-29(2)15-17-31(18-16-30(3)14-12-28)10-6-9-25-22(32)8-5-4-7-21-23-20(19-34-21)26-24(33)27-23/h20-21,23H,4-19H2,1-3H3,(H,25,32)(H2,26,27,33)/t20-,21-,23-/m0/s1. The van der Waals surface area contributed by atoms with Gasteiger partial charge in [0, 0.05) is 76.3 Å². The van der Waals surface area contributed by atoms with Crippen LogP contribution in [-0.4, -0.2) is 141 Å². The molecule has 0 spiro atoms. The normalized spacial score (nSPS) is 28.6. The first-order valence-electron chi connectivity index (χ1n) is 13.1. The summed E-state index contributed by atoms with van der Waals surface area (Å²) in [4.78, 5) is 33.6. The van der Waals surface area contributed by atoms with E-state index in [1.807, 2.05) is 11.8 Å². The first-order valence-corrected chi connectivity index (χ1v) is 14.2. The first-order chi connectivity index (χ1) is 16.4. The Morgan fingerprint density at radius 3 is 2.18 bits per heavy atom. The first kappa shape index (κ1) is 27.5. The Labute approximate surface area is 210 Å². The molecular weight excluding hydrogens is 450 g/mol. The maximum atomic E-state index is 12.3. The number of carbonyl (C=O) groups excluding carboxylic acids is 2. The molecule has 3 rings (SSSR count). The van der Waals surface area contributed by atoms with Gasteiger partial charge in [0.05, 0.1) is 12.1 Å². The molecule has 3 heterocycles. The second-order valence-electron chi connectivity index (χ2n) is 10.3. The molecule has 34 heavy (non-hydrogen) atoms. The van der Waals surface area contributed by atoms with E-state index in [9.17, 15) is 9.59 Å². The van der Waals surface area contributed by atoms with Crippen molar-refractivity contribution < 1.29 is 9.59 Å². The fraction of sp³-hybridized carbons (Fsp3) is 0.917. The van der Waals surface area contributed by atoms with E-state index in [0.29, 0.717) is 11.7 Å². The lowest BCUT2D eigenvalue weighted by Crippen LogP contribution is -2.43. The number of unbranched alkanes of at least 4 members (excludes halogenated alkanes) is 1. The van der Waals surface area contributed by atoms with Gasteiger partial charge in [-0.2, -0.15) is 11.8 Å². The Bertz CT molecular complexity index is 622. The molecule has 3 amide bonds. The molecule has 10 heteroatoms. The van der Waals surface area contributed by atoms with Crippen molar-refractivity contribution in [2.24, 2.45) is 0 Å². The third kappa shape index (κ3) is 9.53. The monoisotopic (exact) mass is 497 g/mol. The molecule has 3 aliphatic heterocycles. The highest BCUT2D eigenvalue weighted by molar-refractivity contribution is 8.00. The maximum Gasteiger partial charge on any atom is 0.315 e. The highest BCUT2D eigenvalue weighted by Gasteiger charge is 2.42. The van der Waals surface area contributed by atoms with Gasteiger partial charge in [0.1, 0.15) is 0 Å². The summed E-state index contributed by atoms with van der Waals surface area (Å²) >= 11 is 1.94. The summed E-state index contributed by atoms with van der Waals surface area (Å²) in [5.74, 6) is 1.17. The Balaban J connectivity index is 1.25. The minimum absolute atomic E-state index is 0.0284. The number of hydrogen-bond acceptors (Lipinski definition) is 7. The van der Waals surface area contributed by atoms with Crippen molar-refractivity contribution in [3.8, 4) is 0 Å². The Morgan fingerprint density at radius 2 is 1.53 bits per heavy atom. The van der Waals surface area contributed by atoms with Crippen molar-refractivity contribution >= 4 is 23.7 Å². The number of nitrogens with zero attached hydrogens (tertiary/aromatic N) is 4. The summed E-state index contributed by atoms with van der Waals surface area (Å²) in [7, 11) is 6.65. The Hall–Kier alpha value is -1.07. The molecule has 0 aromatic carbocycles. The van der Waals surface area contributed by atoms with Gasteiger partial charge in [-0.1, -0.05) is 6.42 Å². The molecule has 0 aromatic rings. The number of thioether (sulfide) groups is 1. The van der Waals surface area contributed by atoms with Gasteiger partial charge in [0.15, 0.2) is 0 Å². The van der Waals surface area contributed by atoms with Gasteiger partial charge < -0.3 is 35.6 Å². The zero-order valence-electron chi connectivity index (χ0n) is 21.6. The number of urea groups is 1. The molecule has 0 unspecified atom stereocenters. The van der Waals surface area contributed by atoms with Crippen LogP contribution in [0.3, 0.4) is 0 Å². The Morgan fingerprint density at radius 1 is 0.912 bits per heavy atom. The van der Waals surface area contributed by atoms with E-state index in [0.717, 1.165) is 96.9 Å². The number of amides is 3. The van der Waals surface area contributed by atoms with Crippen molar-refractivity contribution in [1.29, 1.82) is 0 Å². The van der Waals surface area contributed by atoms with Gasteiger partial charge in [-0.15, -0.1) is 0 Å². The molecule has 3 atom stereocenters. The van der Waals surface area contributed by atoms with Gasteiger partial charge >= 0.3 is 6.03 Å². The van der Waals surface area contributed by atoms with Crippen molar-refractivity contribution in [2.45, 2.75) is 49.4 Å². The summed E-state index contributed by atoms with van der Waals surface area (Å²) in [5.41, 5.74) is 0. The summed E-state index contributed by atoms with van der Waals surface area (Å²) in [5, 5.41) is 9.63. The minimum Gasteiger partial charge on any atom is -0.356 e. The molecule has 196 valence electrons. The van der Waals surface area contributed by atoms with Crippen LogP contribution in [0.15, 0.2) is 0 Å². The molecular formula is C24H47N7O2S. The summed E-state index contributed by atoms with van der Waals surface area (Å²) in [6, 6.07) is 0.516. The van der Waals surface area contributed by atoms with Crippen LogP contribution in [0.4, 0.5) is 4.79 Å². The number of carbonyl (C=O) groups is 2. The second kappa shape index (κ2) is 14.5. The van der Waals surface area contributed by atoms with E-state index in [4.69, 9.17) is 0 Å². The number of fused-ring (bicyclic) bond motifs is 1. The molecule has 0 bridgehead atoms. The average molecular weight is 498 g/mol. The van der Waals surface area contributed by atoms with Crippen LogP contribution in [0.5, 0.6) is 0 Å². The van der Waals surface area contributed by atoms with Gasteiger partial charge in [-0.05, 0) is 47.0 Å². The van der Waals surface area contributed by atoms with Crippen molar-refractivity contribution in [2.75, 3.05) is 92.3 Å².